The summed E-state index contributed by atoms with van der Waals surface area (Å²) in [6.45, 7) is 5.94. The second-order valence-corrected chi connectivity index (χ2v) is 6.82. The molecular weight excluding hydrogens is 220 g/mol. The summed E-state index contributed by atoms with van der Waals surface area (Å²) < 4.78 is 22.4. The lowest BCUT2D eigenvalue weighted by atomic mass is 9.93. The molecule has 0 spiro atoms. The van der Waals surface area contributed by atoms with Gasteiger partial charge in [-0.25, -0.2) is 8.42 Å². The molecule has 0 amide bonds. The molecule has 0 heterocycles. The molecule has 0 aliphatic heterocycles. The van der Waals surface area contributed by atoms with Crippen LogP contribution in [0.3, 0.4) is 0 Å². The molecule has 86 valence electrons. The molecule has 0 aromatic rings. The highest BCUT2D eigenvalue weighted by Crippen LogP contribution is 2.18. The molecule has 14 heavy (non-hydrogen) atoms. The molecule has 0 fully saturated rings. The molecule has 0 radical (unpaired) electrons. The fourth-order valence-electron chi connectivity index (χ4n) is 1.30. The topological polar surface area (TPSA) is 34.1 Å². The predicted molar refractivity (Wildman–Crippen MR) is 62.6 cm³/mol. The maximum atomic E-state index is 11.2. The highest BCUT2D eigenvalue weighted by Gasteiger charge is 2.14. The average Bonchev–Trinajstić information content (AvgIpc) is 2.12. The van der Waals surface area contributed by atoms with E-state index in [1.807, 2.05) is 0 Å². The Morgan fingerprint density at radius 3 is 2.21 bits per heavy atom. The smallest absolute Gasteiger partial charge is 0.150 e. The molecule has 1 unspecified atom stereocenters. The van der Waals surface area contributed by atoms with Crippen LogP contribution in [0.15, 0.2) is 0 Å². The van der Waals surface area contributed by atoms with Crippen LogP contribution in [0.4, 0.5) is 0 Å². The molecule has 0 aliphatic rings. The Kier molecular flexibility index (Phi) is 6.79. The lowest BCUT2D eigenvalue weighted by molar-refractivity contribution is 0.393. The lowest BCUT2D eigenvalue weighted by Gasteiger charge is -2.17. The van der Waals surface area contributed by atoms with Crippen LogP contribution in [0.1, 0.15) is 33.6 Å². The van der Waals surface area contributed by atoms with Crippen molar-refractivity contribution in [2.24, 2.45) is 11.8 Å². The van der Waals surface area contributed by atoms with E-state index >= 15 is 0 Å². The summed E-state index contributed by atoms with van der Waals surface area (Å²) in [7, 11) is -2.79. The Bertz CT molecular complexity index is 235. The van der Waals surface area contributed by atoms with Crippen molar-refractivity contribution in [2.45, 2.75) is 33.6 Å². The first kappa shape index (κ1) is 14.2. The van der Waals surface area contributed by atoms with E-state index < -0.39 is 9.84 Å². The van der Waals surface area contributed by atoms with Crippen molar-refractivity contribution in [3.63, 3.8) is 0 Å². The molecule has 1 atom stereocenters. The molecule has 2 nitrogen and oxygen atoms in total. The summed E-state index contributed by atoms with van der Waals surface area (Å²) in [5.41, 5.74) is 0. The number of rotatable bonds is 7. The predicted octanol–water partition coefficient (Wildman–Crippen LogP) is 2.71. The Labute approximate surface area is 93.0 Å². The van der Waals surface area contributed by atoms with Crippen LogP contribution in [0.5, 0.6) is 0 Å². The Morgan fingerprint density at radius 2 is 1.86 bits per heavy atom. The van der Waals surface area contributed by atoms with Crippen molar-refractivity contribution in [1.29, 1.82) is 0 Å². The second-order valence-electron chi connectivity index (χ2n) is 4.04. The minimum atomic E-state index is -2.79. The van der Waals surface area contributed by atoms with Crippen LogP contribution < -0.4 is 0 Å². The van der Waals surface area contributed by atoms with Crippen molar-refractivity contribution in [1.82, 2.24) is 0 Å². The molecular formula is C10H21ClO2S. The third kappa shape index (κ3) is 5.86. The molecule has 0 N–H and O–H groups in total. The average molecular weight is 241 g/mol. The normalized spacial score (nSPS) is 14.6. The Hall–Kier alpha value is 0.240. The molecule has 0 aliphatic carbocycles. The molecule has 0 bridgehead atoms. The number of hydrogen-bond acceptors (Lipinski definition) is 2. The largest absolute Gasteiger partial charge is 0.229 e. The van der Waals surface area contributed by atoms with E-state index in [1.165, 1.54) is 0 Å². The van der Waals surface area contributed by atoms with Crippen molar-refractivity contribution in [3.05, 3.63) is 0 Å². The van der Waals surface area contributed by atoms with Gasteiger partial charge in [-0.1, -0.05) is 20.8 Å². The third-order valence-corrected chi connectivity index (χ3v) is 4.80. The minimum Gasteiger partial charge on any atom is -0.229 e. The van der Waals surface area contributed by atoms with Gasteiger partial charge >= 0.3 is 0 Å². The van der Waals surface area contributed by atoms with Gasteiger partial charge in [-0.15, -0.1) is 11.6 Å². The van der Waals surface area contributed by atoms with Crippen molar-refractivity contribution in [3.8, 4) is 0 Å². The molecule has 0 aromatic carbocycles. The third-order valence-electron chi connectivity index (χ3n) is 2.61. The van der Waals surface area contributed by atoms with Gasteiger partial charge in [-0.3, -0.25) is 0 Å². The highest BCUT2D eigenvalue weighted by atomic mass is 35.5. The van der Waals surface area contributed by atoms with Gasteiger partial charge in [0, 0.05) is 11.6 Å². The van der Waals surface area contributed by atoms with Crippen LogP contribution >= 0.6 is 11.6 Å². The Balaban J connectivity index is 3.83. The van der Waals surface area contributed by atoms with Gasteiger partial charge in [0.1, 0.15) is 9.84 Å². The van der Waals surface area contributed by atoms with E-state index in [-0.39, 0.29) is 5.75 Å². The standard InChI is InChI=1S/C10H21ClO2S/c1-4-14(12,13)7-5-6-10(8-11)9(2)3/h9-10H,4-8H2,1-3H3. The summed E-state index contributed by atoms with van der Waals surface area (Å²) in [6.07, 6.45) is 1.66. The fraction of sp³-hybridized carbons (Fsp3) is 1.00. The van der Waals surface area contributed by atoms with E-state index in [1.54, 1.807) is 6.92 Å². The summed E-state index contributed by atoms with van der Waals surface area (Å²) in [4.78, 5) is 0. The number of hydrogen-bond donors (Lipinski definition) is 0. The zero-order chi connectivity index (χ0) is 11.2. The van der Waals surface area contributed by atoms with Gasteiger partial charge in [-0.05, 0) is 24.7 Å². The SMILES string of the molecule is CCS(=O)(=O)CCCC(CCl)C(C)C. The summed E-state index contributed by atoms with van der Waals surface area (Å²) in [6, 6.07) is 0. The van der Waals surface area contributed by atoms with Crippen LogP contribution in [0.25, 0.3) is 0 Å². The van der Waals surface area contributed by atoms with E-state index in [0.717, 1.165) is 12.8 Å². The van der Waals surface area contributed by atoms with E-state index in [0.29, 0.717) is 23.5 Å². The van der Waals surface area contributed by atoms with Gasteiger partial charge in [0.05, 0.1) is 5.75 Å². The van der Waals surface area contributed by atoms with Crippen molar-refractivity contribution >= 4 is 21.4 Å². The summed E-state index contributed by atoms with van der Waals surface area (Å²) >= 11 is 5.80. The molecule has 0 rings (SSSR count). The molecule has 0 saturated heterocycles. The first-order chi connectivity index (χ1) is 6.43. The van der Waals surface area contributed by atoms with Crippen molar-refractivity contribution in [2.75, 3.05) is 17.4 Å². The van der Waals surface area contributed by atoms with Gasteiger partial charge in [-0.2, -0.15) is 0 Å². The van der Waals surface area contributed by atoms with Gasteiger partial charge < -0.3 is 0 Å². The Morgan fingerprint density at radius 1 is 1.29 bits per heavy atom. The number of halogens is 1. The first-order valence-electron chi connectivity index (χ1n) is 5.19. The van der Waals surface area contributed by atoms with Gasteiger partial charge in [0.25, 0.3) is 0 Å². The van der Waals surface area contributed by atoms with Gasteiger partial charge in [0.2, 0.25) is 0 Å². The lowest BCUT2D eigenvalue weighted by Crippen LogP contribution is -2.14. The fourth-order valence-corrected chi connectivity index (χ4v) is 2.70. The molecule has 0 saturated carbocycles. The highest BCUT2D eigenvalue weighted by molar-refractivity contribution is 7.91. The maximum Gasteiger partial charge on any atom is 0.150 e. The van der Waals surface area contributed by atoms with E-state index in [4.69, 9.17) is 11.6 Å². The van der Waals surface area contributed by atoms with Crippen LogP contribution in [-0.2, 0) is 9.84 Å². The first-order valence-corrected chi connectivity index (χ1v) is 7.55. The monoisotopic (exact) mass is 240 g/mol. The zero-order valence-electron chi connectivity index (χ0n) is 9.29. The van der Waals surface area contributed by atoms with E-state index in [2.05, 4.69) is 13.8 Å². The quantitative estimate of drug-likeness (QED) is 0.642. The maximum absolute atomic E-state index is 11.2. The van der Waals surface area contributed by atoms with Crippen LogP contribution in [0, 0.1) is 11.8 Å². The van der Waals surface area contributed by atoms with Crippen molar-refractivity contribution < 1.29 is 8.42 Å². The van der Waals surface area contributed by atoms with Crippen LogP contribution in [0.2, 0.25) is 0 Å². The summed E-state index contributed by atoms with van der Waals surface area (Å²) in [5.74, 6) is 2.17. The number of sulfone groups is 1. The van der Waals surface area contributed by atoms with Crippen LogP contribution in [-0.4, -0.2) is 25.8 Å². The second kappa shape index (κ2) is 6.67. The van der Waals surface area contributed by atoms with E-state index in [9.17, 15) is 8.42 Å². The van der Waals surface area contributed by atoms with Gasteiger partial charge in [0.15, 0.2) is 0 Å². The molecule has 4 heteroatoms. The zero-order valence-corrected chi connectivity index (χ0v) is 10.9. The minimum absolute atomic E-state index is 0.250. The number of alkyl halides is 1. The molecule has 0 aromatic heterocycles. The summed E-state index contributed by atoms with van der Waals surface area (Å²) in [5, 5.41) is 0.